The van der Waals surface area contributed by atoms with E-state index in [0.717, 1.165) is 30.5 Å². The predicted octanol–water partition coefficient (Wildman–Crippen LogP) is 2.14. The average molecular weight is 329 g/mol. The minimum Gasteiger partial charge on any atom is -0.378 e. The molecule has 122 valence electrons. The van der Waals surface area contributed by atoms with Gasteiger partial charge in [-0.25, -0.2) is 4.98 Å². The minimum atomic E-state index is -0.841. The number of anilines is 1. The quantitative estimate of drug-likeness (QED) is 0.666. The van der Waals surface area contributed by atoms with E-state index in [0.29, 0.717) is 16.6 Å². The van der Waals surface area contributed by atoms with Gasteiger partial charge < -0.3 is 10.8 Å². The van der Waals surface area contributed by atoms with Crippen molar-refractivity contribution in [2.45, 2.75) is 24.9 Å². The molecule has 6 heteroatoms. The molecule has 0 atom stereocenters. The van der Waals surface area contributed by atoms with Crippen molar-refractivity contribution in [3.63, 3.8) is 0 Å². The van der Waals surface area contributed by atoms with Gasteiger partial charge in [0.2, 0.25) is 5.95 Å². The second-order valence-corrected chi connectivity index (χ2v) is 6.18. The van der Waals surface area contributed by atoms with E-state index >= 15 is 0 Å². The maximum absolute atomic E-state index is 10.1. The number of aromatic nitrogens is 3. The molecule has 0 saturated heterocycles. The molecule has 2 heterocycles. The zero-order chi connectivity index (χ0) is 17.4. The first-order chi connectivity index (χ1) is 12.1. The highest BCUT2D eigenvalue weighted by Gasteiger charge is 2.32. The monoisotopic (exact) mass is 329 g/mol. The molecule has 4 rings (SSSR count). The normalized spacial score (nSPS) is 15.0. The van der Waals surface area contributed by atoms with E-state index in [-0.39, 0.29) is 5.95 Å². The first kappa shape index (κ1) is 15.2. The van der Waals surface area contributed by atoms with Crippen LogP contribution in [-0.4, -0.2) is 25.2 Å². The summed E-state index contributed by atoms with van der Waals surface area (Å²) in [4.78, 5) is 8.23. The summed E-state index contributed by atoms with van der Waals surface area (Å²) in [6.45, 7) is 0. The molecule has 1 saturated carbocycles. The third-order valence-electron chi connectivity index (χ3n) is 4.43. The average Bonchev–Trinajstić information content (AvgIpc) is 2.96. The third-order valence-corrected chi connectivity index (χ3v) is 4.43. The van der Waals surface area contributed by atoms with Crippen LogP contribution < -0.4 is 5.73 Å². The maximum Gasteiger partial charge on any atom is 0.221 e. The maximum atomic E-state index is 10.1. The number of aliphatic hydroxyl groups is 1. The minimum absolute atomic E-state index is 0.152. The molecule has 25 heavy (non-hydrogen) atoms. The van der Waals surface area contributed by atoms with Gasteiger partial charge in [0.15, 0.2) is 5.65 Å². The lowest BCUT2D eigenvalue weighted by Crippen LogP contribution is -2.34. The van der Waals surface area contributed by atoms with Crippen LogP contribution in [0.5, 0.6) is 0 Å². The number of rotatable bonds is 1. The van der Waals surface area contributed by atoms with E-state index in [1.807, 2.05) is 24.3 Å². The Morgan fingerprint density at radius 3 is 2.88 bits per heavy atom. The first-order valence-electron chi connectivity index (χ1n) is 7.98. The summed E-state index contributed by atoms with van der Waals surface area (Å²) in [5.41, 5.74) is 7.52. The number of hydrogen-bond donors (Lipinski definition) is 2. The largest absolute Gasteiger partial charge is 0.378 e. The van der Waals surface area contributed by atoms with Gasteiger partial charge in [0.05, 0.1) is 10.9 Å². The van der Waals surface area contributed by atoms with Crippen LogP contribution >= 0.6 is 0 Å². The Morgan fingerprint density at radius 2 is 2.16 bits per heavy atom. The SMILES string of the molecule is N#Cc1cn(-c2cccc(C#CC3(O)CCC3)c2)c2nc(N)ncc12. The summed E-state index contributed by atoms with van der Waals surface area (Å²) in [5.74, 6) is 6.15. The predicted molar refractivity (Wildman–Crippen MR) is 93.7 cm³/mol. The van der Waals surface area contributed by atoms with Crippen molar-refractivity contribution in [1.82, 2.24) is 14.5 Å². The summed E-state index contributed by atoms with van der Waals surface area (Å²) in [6.07, 6.45) is 5.74. The molecule has 1 aromatic carbocycles. The summed E-state index contributed by atoms with van der Waals surface area (Å²) in [7, 11) is 0. The number of benzene rings is 1. The summed E-state index contributed by atoms with van der Waals surface area (Å²) in [5, 5.41) is 20.1. The van der Waals surface area contributed by atoms with Crippen LogP contribution in [-0.2, 0) is 0 Å². The van der Waals surface area contributed by atoms with Crippen molar-refractivity contribution in [3.05, 3.63) is 47.8 Å². The van der Waals surface area contributed by atoms with Gasteiger partial charge in [0.25, 0.3) is 0 Å². The third kappa shape index (κ3) is 2.69. The van der Waals surface area contributed by atoms with Crippen molar-refractivity contribution in [3.8, 4) is 23.6 Å². The molecule has 0 aliphatic heterocycles. The van der Waals surface area contributed by atoms with Crippen LogP contribution in [0.3, 0.4) is 0 Å². The number of nitrogens with zero attached hydrogens (tertiary/aromatic N) is 4. The van der Waals surface area contributed by atoms with Gasteiger partial charge in [-0.3, -0.25) is 4.57 Å². The highest BCUT2D eigenvalue weighted by Crippen LogP contribution is 2.30. The molecule has 3 aromatic rings. The van der Waals surface area contributed by atoms with Crippen LogP contribution in [0.1, 0.15) is 30.4 Å². The lowest BCUT2D eigenvalue weighted by Gasteiger charge is -2.30. The molecular weight excluding hydrogens is 314 g/mol. The highest BCUT2D eigenvalue weighted by atomic mass is 16.3. The Hall–Kier alpha value is -3.35. The molecule has 0 spiro atoms. The Kier molecular flexibility index (Phi) is 3.42. The number of nitriles is 1. The van der Waals surface area contributed by atoms with Gasteiger partial charge in [-0.2, -0.15) is 10.2 Å². The zero-order valence-corrected chi connectivity index (χ0v) is 13.4. The van der Waals surface area contributed by atoms with Crippen molar-refractivity contribution in [2.75, 3.05) is 5.73 Å². The van der Waals surface area contributed by atoms with Gasteiger partial charge in [0, 0.05) is 23.6 Å². The summed E-state index contributed by atoms with van der Waals surface area (Å²) in [6, 6.07) is 9.72. The van der Waals surface area contributed by atoms with Crippen LogP contribution in [0.15, 0.2) is 36.7 Å². The lowest BCUT2D eigenvalue weighted by atomic mass is 9.81. The smallest absolute Gasteiger partial charge is 0.221 e. The Labute approximate surface area is 144 Å². The van der Waals surface area contributed by atoms with Gasteiger partial charge in [-0.1, -0.05) is 17.9 Å². The van der Waals surface area contributed by atoms with Crippen molar-refractivity contribution in [1.29, 1.82) is 5.26 Å². The molecule has 6 nitrogen and oxygen atoms in total. The van der Waals surface area contributed by atoms with Gasteiger partial charge in [-0.05, 0) is 37.5 Å². The molecule has 2 aromatic heterocycles. The summed E-state index contributed by atoms with van der Waals surface area (Å²) < 4.78 is 1.80. The van der Waals surface area contributed by atoms with Crippen molar-refractivity contribution < 1.29 is 5.11 Å². The van der Waals surface area contributed by atoms with E-state index in [4.69, 9.17) is 5.73 Å². The second-order valence-electron chi connectivity index (χ2n) is 6.18. The molecule has 0 amide bonds. The molecule has 1 aliphatic rings. The van der Waals surface area contributed by atoms with Crippen LogP contribution in [0.25, 0.3) is 16.7 Å². The number of nitrogen functional groups attached to an aromatic ring is 1. The molecule has 0 bridgehead atoms. The zero-order valence-electron chi connectivity index (χ0n) is 13.4. The molecule has 0 unspecified atom stereocenters. The Balaban J connectivity index is 1.80. The fourth-order valence-corrected chi connectivity index (χ4v) is 2.86. The highest BCUT2D eigenvalue weighted by molar-refractivity contribution is 5.84. The van der Waals surface area contributed by atoms with Gasteiger partial charge in [0.1, 0.15) is 11.7 Å². The van der Waals surface area contributed by atoms with Crippen LogP contribution in [0.2, 0.25) is 0 Å². The topological polar surface area (TPSA) is 101 Å². The van der Waals surface area contributed by atoms with E-state index in [2.05, 4.69) is 27.9 Å². The van der Waals surface area contributed by atoms with Crippen molar-refractivity contribution >= 4 is 17.0 Å². The van der Waals surface area contributed by atoms with Crippen molar-refractivity contribution in [2.24, 2.45) is 0 Å². The van der Waals surface area contributed by atoms with E-state index < -0.39 is 5.60 Å². The molecule has 1 fully saturated rings. The standard InChI is InChI=1S/C19H15N5O/c20-10-14-12-24(17-16(14)11-22-18(21)23-17)15-4-1-3-13(9-15)5-8-19(25)6-2-7-19/h1,3-4,9,11-12,25H,2,6-7H2,(H2,21,22,23). The lowest BCUT2D eigenvalue weighted by molar-refractivity contribution is 0.0240. The van der Waals surface area contributed by atoms with Crippen LogP contribution in [0, 0.1) is 23.2 Å². The van der Waals surface area contributed by atoms with E-state index in [9.17, 15) is 10.4 Å². The number of nitrogens with two attached hydrogens (primary N) is 1. The Morgan fingerprint density at radius 1 is 1.32 bits per heavy atom. The molecule has 3 N–H and O–H groups in total. The number of hydrogen-bond acceptors (Lipinski definition) is 5. The van der Waals surface area contributed by atoms with E-state index in [1.165, 1.54) is 0 Å². The van der Waals surface area contributed by atoms with Crippen LogP contribution in [0.4, 0.5) is 5.95 Å². The molecular formula is C19H15N5O. The fourth-order valence-electron chi connectivity index (χ4n) is 2.86. The van der Waals surface area contributed by atoms with E-state index in [1.54, 1.807) is 17.0 Å². The van der Waals surface area contributed by atoms with Gasteiger partial charge >= 0.3 is 0 Å². The fraction of sp³-hybridized carbons (Fsp3) is 0.211. The molecule has 0 radical (unpaired) electrons. The second kappa shape index (κ2) is 5.62. The molecule has 1 aliphatic carbocycles. The Bertz CT molecular complexity index is 1080. The first-order valence-corrected chi connectivity index (χ1v) is 7.98. The number of fused-ring (bicyclic) bond motifs is 1. The van der Waals surface area contributed by atoms with Gasteiger partial charge in [-0.15, -0.1) is 0 Å². The summed E-state index contributed by atoms with van der Waals surface area (Å²) >= 11 is 0.